The van der Waals surface area contributed by atoms with Crippen molar-refractivity contribution in [1.29, 1.82) is 0 Å². The zero-order valence-electron chi connectivity index (χ0n) is 10.4. The third kappa shape index (κ3) is 4.47. The van der Waals surface area contributed by atoms with Crippen LogP contribution in [0.2, 0.25) is 0 Å². The Kier molecular flexibility index (Phi) is 5.15. The Bertz CT molecular complexity index is 450. The second kappa shape index (κ2) is 6.86. The van der Waals surface area contributed by atoms with Gasteiger partial charge in [-0.2, -0.15) is 0 Å². The minimum atomic E-state index is -0.337. The molecule has 0 aliphatic carbocycles. The average Bonchev–Trinajstić information content (AvgIpc) is 2.41. The standard InChI is InChI=1S/C13H16BrFN2O2/c14-11-2-1-9(15)7-12(11)16-8-13(18)17-10-3-5-19-6-4-10/h1-2,7,10,16H,3-6,8H2,(H,17,18). The molecule has 0 spiro atoms. The SMILES string of the molecule is O=C(CNc1cc(F)ccc1Br)NC1CCOCC1. The van der Waals surface area contributed by atoms with E-state index in [1.165, 1.54) is 12.1 Å². The van der Waals surface area contributed by atoms with Crippen LogP contribution >= 0.6 is 15.9 Å². The summed E-state index contributed by atoms with van der Waals surface area (Å²) in [5, 5.41) is 5.85. The quantitative estimate of drug-likeness (QED) is 0.890. The van der Waals surface area contributed by atoms with Gasteiger partial charge in [0.15, 0.2) is 0 Å². The van der Waals surface area contributed by atoms with Crippen molar-refractivity contribution < 1.29 is 13.9 Å². The third-order valence-electron chi connectivity index (χ3n) is 2.95. The molecule has 0 atom stereocenters. The summed E-state index contributed by atoms with van der Waals surface area (Å²) in [7, 11) is 0. The molecule has 0 bridgehead atoms. The Balaban J connectivity index is 1.81. The van der Waals surface area contributed by atoms with Gasteiger partial charge in [-0.3, -0.25) is 4.79 Å². The summed E-state index contributed by atoms with van der Waals surface area (Å²) in [4.78, 5) is 11.8. The first-order chi connectivity index (χ1) is 9.15. The molecule has 1 aromatic carbocycles. The number of ether oxygens (including phenoxy) is 1. The lowest BCUT2D eigenvalue weighted by molar-refractivity contribution is -0.120. The Morgan fingerprint density at radius 3 is 2.89 bits per heavy atom. The summed E-state index contributed by atoms with van der Waals surface area (Å²) in [6.45, 7) is 1.50. The van der Waals surface area contributed by atoms with Crippen LogP contribution in [0.3, 0.4) is 0 Å². The molecule has 4 nitrogen and oxygen atoms in total. The molecule has 1 amide bonds. The molecule has 19 heavy (non-hydrogen) atoms. The van der Waals surface area contributed by atoms with E-state index in [0.29, 0.717) is 18.9 Å². The van der Waals surface area contributed by atoms with Gasteiger partial charge in [0.1, 0.15) is 5.82 Å². The monoisotopic (exact) mass is 330 g/mol. The normalized spacial score (nSPS) is 16.1. The fraction of sp³-hybridized carbons (Fsp3) is 0.462. The second-order valence-corrected chi connectivity index (χ2v) is 5.29. The molecule has 1 aliphatic heterocycles. The molecule has 2 rings (SSSR count). The number of amides is 1. The summed E-state index contributed by atoms with van der Waals surface area (Å²) < 4.78 is 19.0. The molecule has 1 heterocycles. The van der Waals surface area contributed by atoms with Gasteiger partial charge in [0, 0.05) is 23.7 Å². The van der Waals surface area contributed by atoms with Crippen LogP contribution in [0.15, 0.2) is 22.7 Å². The van der Waals surface area contributed by atoms with E-state index in [9.17, 15) is 9.18 Å². The van der Waals surface area contributed by atoms with E-state index in [1.54, 1.807) is 6.07 Å². The summed E-state index contributed by atoms with van der Waals surface area (Å²) in [5.41, 5.74) is 0.571. The average molecular weight is 331 g/mol. The van der Waals surface area contributed by atoms with Gasteiger partial charge in [-0.05, 0) is 47.0 Å². The largest absolute Gasteiger partial charge is 0.381 e. The highest BCUT2D eigenvalue weighted by atomic mass is 79.9. The van der Waals surface area contributed by atoms with Gasteiger partial charge in [-0.15, -0.1) is 0 Å². The lowest BCUT2D eigenvalue weighted by atomic mass is 10.1. The van der Waals surface area contributed by atoms with Gasteiger partial charge in [0.2, 0.25) is 5.91 Å². The summed E-state index contributed by atoms with van der Waals surface area (Å²) in [6, 6.07) is 4.50. The van der Waals surface area contributed by atoms with Crippen LogP contribution in [0.25, 0.3) is 0 Å². The maximum atomic E-state index is 13.1. The van der Waals surface area contributed by atoms with Crippen LogP contribution in [0.4, 0.5) is 10.1 Å². The predicted molar refractivity (Wildman–Crippen MR) is 74.6 cm³/mol. The number of carbonyl (C=O) groups is 1. The van der Waals surface area contributed by atoms with Gasteiger partial charge in [-0.1, -0.05) is 0 Å². The molecule has 0 aromatic heterocycles. The van der Waals surface area contributed by atoms with Crippen LogP contribution in [0.5, 0.6) is 0 Å². The lowest BCUT2D eigenvalue weighted by Crippen LogP contribution is -2.41. The van der Waals surface area contributed by atoms with E-state index in [2.05, 4.69) is 26.6 Å². The number of benzene rings is 1. The number of nitrogens with one attached hydrogen (secondary N) is 2. The molecule has 1 fully saturated rings. The highest BCUT2D eigenvalue weighted by molar-refractivity contribution is 9.10. The van der Waals surface area contributed by atoms with Crippen molar-refractivity contribution in [2.24, 2.45) is 0 Å². The minimum absolute atomic E-state index is 0.0944. The van der Waals surface area contributed by atoms with Crippen LogP contribution in [-0.2, 0) is 9.53 Å². The zero-order chi connectivity index (χ0) is 13.7. The Morgan fingerprint density at radius 1 is 1.42 bits per heavy atom. The van der Waals surface area contributed by atoms with Gasteiger partial charge >= 0.3 is 0 Å². The molecule has 2 N–H and O–H groups in total. The molecular formula is C13H16BrFN2O2. The van der Waals surface area contributed by atoms with Crippen molar-refractivity contribution in [3.8, 4) is 0 Å². The number of anilines is 1. The molecule has 1 aliphatic rings. The molecule has 104 valence electrons. The topological polar surface area (TPSA) is 50.4 Å². The smallest absolute Gasteiger partial charge is 0.239 e. The minimum Gasteiger partial charge on any atom is -0.381 e. The number of carbonyl (C=O) groups excluding carboxylic acids is 1. The molecule has 1 saturated heterocycles. The van der Waals surface area contributed by atoms with Crippen molar-refractivity contribution in [3.63, 3.8) is 0 Å². The lowest BCUT2D eigenvalue weighted by Gasteiger charge is -2.23. The highest BCUT2D eigenvalue weighted by Gasteiger charge is 2.15. The van der Waals surface area contributed by atoms with E-state index in [4.69, 9.17) is 4.74 Å². The van der Waals surface area contributed by atoms with E-state index < -0.39 is 0 Å². The molecule has 0 unspecified atom stereocenters. The summed E-state index contributed by atoms with van der Waals surface area (Å²) in [6.07, 6.45) is 1.69. The number of hydrogen-bond acceptors (Lipinski definition) is 3. The van der Waals surface area contributed by atoms with Crippen molar-refractivity contribution in [2.45, 2.75) is 18.9 Å². The maximum absolute atomic E-state index is 13.1. The van der Waals surface area contributed by atoms with Crippen LogP contribution in [0.1, 0.15) is 12.8 Å². The molecular weight excluding hydrogens is 315 g/mol. The van der Waals surface area contributed by atoms with Crippen molar-refractivity contribution >= 4 is 27.5 Å². The number of halogens is 2. The zero-order valence-corrected chi connectivity index (χ0v) is 12.0. The number of hydrogen-bond donors (Lipinski definition) is 2. The van der Waals surface area contributed by atoms with Crippen LogP contribution in [-0.4, -0.2) is 31.7 Å². The first-order valence-electron chi connectivity index (χ1n) is 6.21. The van der Waals surface area contributed by atoms with E-state index in [1.807, 2.05) is 0 Å². The van der Waals surface area contributed by atoms with Gasteiger partial charge in [0.05, 0.1) is 12.2 Å². The van der Waals surface area contributed by atoms with E-state index in [-0.39, 0.29) is 24.3 Å². The van der Waals surface area contributed by atoms with E-state index >= 15 is 0 Å². The van der Waals surface area contributed by atoms with Gasteiger partial charge in [-0.25, -0.2) is 4.39 Å². The predicted octanol–water partition coefficient (Wildman–Crippen LogP) is 2.30. The molecule has 0 saturated carbocycles. The Hall–Kier alpha value is -1.14. The first kappa shape index (κ1) is 14.3. The van der Waals surface area contributed by atoms with Gasteiger partial charge < -0.3 is 15.4 Å². The fourth-order valence-electron chi connectivity index (χ4n) is 1.93. The van der Waals surface area contributed by atoms with Crippen molar-refractivity contribution in [3.05, 3.63) is 28.5 Å². The van der Waals surface area contributed by atoms with Crippen molar-refractivity contribution in [2.75, 3.05) is 25.1 Å². The summed E-state index contributed by atoms with van der Waals surface area (Å²) in [5.74, 6) is -0.432. The fourth-order valence-corrected chi connectivity index (χ4v) is 2.32. The Morgan fingerprint density at radius 2 is 2.16 bits per heavy atom. The maximum Gasteiger partial charge on any atom is 0.239 e. The Labute approximate surface area is 119 Å². The second-order valence-electron chi connectivity index (χ2n) is 4.43. The van der Waals surface area contributed by atoms with Crippen LogP contribution < -0.4 is 10.6 Å². The third-order valence-corrected chi connectivity index (χ3v) is 3.65. The molecule has 0 radical (unpaired) electrons. The summed E-state index contributed by atoms with van der Waals surface area (Å²) >= 11 is 3.30. The van der Waals surface area contributed by atoms with Crippen molar-refractivity contribution in [1.82, 2.24) is 5.32 Å². The number of rotatable bonds is 4. The molecule has 1 aromatic rings. The van der Waals surface area contributed by atoms with Gasteiger partial charge in [0.25, 0.3) is 0 Å². The van der Waals surface area contributed by atoms with E-state index in [0.717, 1.165) is 17.3 Å². The van der Waals surface area contributed by atoms with Crippen LogP contribution in [0, 0.1) is 5.82 Å². The first-order valence-corrected chi connectivity index (χ1v) is 7.00. The highest BCUT2D eigenvalue weighted by Crippen LogP contribution is 2.22. The molecule has 6 heteroatoms.